The van der Waals surface area contributed by atoms with Crippen LogP contribution in [0.15, 0.2) is 72.8 Å². The molecule has 3 aromatic carbocycles. The van der Waals surface area contributed by atoms with Crippen molar-refractivity contribution < 1.29 is 5.11 Å². The molecular weight excluding hydrogens is 268 g/mol. The molecule has 0 amide bonds. The smallest absolute Gasteiger partial charge is 0.118 e. The van der Waals surface area contributed by atoms with E-state index in [2.05, 4.69) is 61.5 Å². The Balaban J connectivity index is 2.16. The van der Waals surface area contributed by atoms with Gasteiger partial charge in [-0.05, 0) is 42.2 Å². The summed E-state index contributed by atoms with van der Waals surface area (Å²) in [5.74, 6) is 0.528. The average Bonchev–Trinajstić information content (AvgIpc) is 2.52. The molecule has 1 N–H and O–H groups in total. The summed E-state index contributed by atoms with van der Waals surface area (Å²) in [5.41, 5.74) is 5.90. The summed E-state index contributed by atoms with van der Waals surface area (Å²) in [5, 5.41) is 9.81. The van der Waals surface area contributed by atoms with Crippen LogP contribution in [0.1, 0.15) is 33.7 Å². The van der Waals surface area contributed by atoms with Crippen LogP contribution in [0.25, 0.3) is 0 Å². The van der Waals surface area contributed by atoms with E-state index in [4.69, 9.17) is 0 Å². The maximum absolute atomic E-state index is 9.81. The molecule has 0 aliphatic carbocycles. The third kappa shape index (κ3) is 2.89. The molecule has 0 radical (unpaired) electrons. The fourth-order valence-corrected chi connectivity index (χ4v) is 2.93. The number of aryl methyl sites for hydroxylation is 2. The highest BCUT2D eigenvalue weighted by Gasteiger charge is 2.17. The van der Waals surface area contributed by atoms with Crippen LogP contribution in [-0.2, 0) is 0 Å². The van der Waals surface area contributed by atoms with Gasteiger partial charge in [0.1, 0.15) is 5.75 Å². The fourth-order valence-electron chi connectivity index (χ4n) is 2.93. The molecule has 1 nitrogen and oxygen atoms in total. The van der Waals surface area contributed by atoms with Crippen LogP contribution in [0, 0.1) is 13.8 Å². The van der Waals surface area contributed by atoms with E-state index in [9.17, 15) is 5.11 Å². The summed E-state index contributed by atoms with van der Waals surface area (Å²) in [6.45, 7) is 4.06. The predicted octanol–water partition coefficient (Wildman–Crippen LogP) is 5.19. The third-order valence-corrected chi connectivity index (χ3v) is 4.06. The van der Waals surface area contributed by atoms with Crippen LogP contribution in [-0.4, -0.2) is 5.11 Å². The van der Waals surface area contributed by atoms with Gasteiger partial charge in [0.15, 0.2) is 0 Å². The molecule has 0 bridgehead atoms. The first-order chi connectivity index (χ1) is 10.6. The van der Waals surface area contributed by atoms with Crippen molar-refractivity contribution in [1.29, 1.82) is 0 Å². The Morgan fingerprint density at radius 2 is 1.36 bits per heavy atom. The van der Waals surface area contributed by atoms with Crippen LogP contribution in [0.2, 0.25) is 0 Å². The number of hydrogen-bond donors (Lipinski definition) is 1. The van der Waals surface area contributed by atoms with Gasteiger partial charge in [0.05, 0.1) is 0 Å². The number of phenolic OH excluding ortho intramolecular Hbond substituents is 1. The van der Waals surface area contributed by atoms with Gasteiger partial charge < -0.3 is 5.11 Å². The van der Waals surface area contributed by atoms with Gasteiger partial charge >= 0.3 is 0 Å². The highest BCUT2D eigenvalue weighted by atomic mass is 16.3. The van der Waals surface area contributed by atoms with Crippen molar-refractivity contribution in [3.63, 3.8) is 0 Å². The first-order valence-electron chi connectivity index (χ1n) is 7.56. The molecule has 1 heteroatoms. The molecule has 0 saturated carbocycles. The largest absolute Gasteiger partial charge is 0.508 e. The normalized spacial score (nSPS) is 12.1. The van der Waals surface area contributed by atoms with Crippen LogP contribution in [0.5, 0.6) is 5.75 Å². The molecule has 22 heavy (non-hydrogen) atoms. The molecule has 0 saturated heterocycles. The summed E-state index contributed by atoms with van der Waals surface area (Å²) in [6, 6.07) is 25.0. The summed E-state index contributed by atoms with van der Waals surface area (Å²) in [6.07, 6.45) is 0. The van der Waals surface area contributed by atoms with Gasteiger partial charge in [0.25, 0.3) is 0 Å². The summed E-state index contributed by atoms with van der Waals surface area (Å²) in [7, 11) is 0. The zero-order valence-electron chi connectivity index (χ0n) is 13.0. The van der Waals surface area contributed by atoms with E-state index in [0.29, 0.717) is 5.75 Å². The van der Waals surface area contributed by atoms with Crippen molar-refractivity contribution in [2.75, 3.05) is 0 Å². The lowest BCUT2D eigenvalue weighted by Crippen LogP contribution is -2.04. The molecular formula is C21H20O. The molecule has 0 aromatic heterocycles. The Bertz CT molecular complexity index is 775. The van der Waals surface area contributed by atoms with Crippen molar-refractivity contribution in [3.05, 3.63) is 101 Å². The van der Waals surface area contributed by atoms with Crippen molar-refractivity contribution in [2.45, 2.75) is 19.8 Å². The Morgan fingerprint density at radius 3 is 2.05 bits per heavy atom. The van der Waals surface area contributed by atoms with Gasteiger partial charge in [0, 0.05) is 5.92 Å². The number of aromatic hydroxyl groups is 1. The maximum Gasteiger partial charge on any atom is 0.118 e. The van der Waals surface area contributed by atoms with Gasteiger partial charge in [-0.2, -0.15) is 0 Å². The lowest BCUT2D eigenvalue weighted by atomic mass is 9.84. The molecule has 110 valence electrons. The zero-order valence-corrected chi connectivity index (χ0v) is 13.0. The van der Waals surface area contributed by atoms with Gasteiger partial charge in [-0.15, -0.1) is 0 Å². The summed E-state index contributed by atoms with van der Waals surface area (Å²) in [4.78, 5) is 0. The monoisotopic (exact) mass is 288 g/mol. The maximum atomic E-state index is 9.81. The Kier molecular flexibility index (Phi) is 3.97. The van der Waals surface area contributed by atoms with Gasteiger partial charge in [-0.1, -0.05) is 72.3 Å². The van der Waals surface area contributed by atoms with Crippen LogP contribution < -0.4 is 0 Å². The molecule has 3 aromatic rings. The first kappa shape index (κ1) is 14.4. The van der Waals surface area contributed by atoms with E-state index >= 15 is 0 Å². The highest BCUT2D eigenvalue weighted by molar-refractivity contribution is 5.47. The average molecular weight is 288 g/mol. The molecule has 0 spiro atoms. The standard InChI is InChI=1S/C21H20O/c1-15-7-6-10-18(13-15)21(17-8-4-3-5-9-17)19-11-12-20(22)16(2)14-19/h3-14,21-22H,1-2H3. The molecule has 0 fully saturated rings. The summed E-state index contributed by atoms with van der Waals surface area (Å²) >= 11 is 0. The van der Waals surface area contributed by atoms with Crippen molar-refractivity contribution in [1.82, 2.24) is 0 Å². The molecule has 0 aliphatic rings. The fraction of sp³-hybridized carbons (Fsp3) is 0.143. The predicted molar refractivity (Wildman–Crippen MR) is 91.4 cm³/mol. The van der Waals surface area contributed by atoms with E-state index in [1.54, 1.807) is 6.07 Å². The molecule has 0 heterocycles. The van der Waals surface area contributed by atoms with Crippen LogP contribution in [0.3, 0.4) is 0 Å². The topological polar surface area (TPSA) is 20.2 Å². The quantitative estimate of drug-likeness (QED) is 0.658. The summed E-state index contributed by atoms with van der Waals surface area (Å²) < 4.78 is 0. The lowest BCUT2D eigenvalue weighted by molar-refractivity contribution is 0.471. The molecule has 1 atom stereocenters. The minimum absolute atomic E-state index is 0.181. The van der Waals surface area contributed by atoms with Crippen molar-refractivity contribution >= 4 is 0 Å². The van der Waals surface area contributed by atoms with E-state index in [-0.39, 0.29) is 5.92 Å². The van der Waals surface area contributed by atoms with Crippen LogP contribution in [0.4, 0.5) is 0 Å². The van der Waals surface area contributed by atoms with Crippen LogP contribution >= 0.6 is 0 Å². The second-order valence-corrected chi connectivity index (χ2v) is 5.80. The zero-order chi connectivity index (χ0) is 15.5. The number of rotatable bonds is 3. The molecule has 1 unspecified atom stereocenters. The van der Waals surface area contributed by atoms with E-state index in [1.165, 1.54) is 22.3 Å². The molecule has 3 rings (SSSR count). The Labute approximate surface area is 131 Å². The van der Waals surface area contributed by atoms with Crippen molar-refractivity contribution in [3.8, 4) is 5.75 Å². The highest BCUT2D eigenvalue weighted by Crippen LogP contribution is 2.34. The number of phenols is 1. The van der Waals surface area contributed by atoms with E-state index in [1.807, 2.05) is 19.1 Å². The van der Waals surface area contributed by atoms with E-state index < -0.39 is 0 Å². The number of hydrogen-bond acceptors (Lipinski definition) is 1. The lowest BCUT2D eigenvalue weighted by Gasteiger charge is -2.20. The van der Waals surface area contributed by atoms with Crippen molar-refractivity contribution in [2.24, 2.45) is 0 Å². The van der Waals surface area contributed by atoms with E-state index in [0.717, 1.165) is 5.56 Å². The Hall–Kier alpha value is -2.54. The second-order valence-electron chi connectivity index (χ2n) is 5.80. The molecule has 0 aliphatic heterocycles. The first-order valence-corrected chi connectivity index (χ1v) is 7.56. The Morgan fingerprint density at radius 1 is 0.682 bits per heavy atom. The number of benzene rings is 3. The van der Waals surface area contributed by atoms with Gasteiger partial charge in [-0.25, -0.2) is 0 Å². The SMILES string of the molecule is Cc1cccc(C(c2ccccc2)c2ccc(O)c(C)c2)c1. The second kappa shape index (κ2) is 6.07. The van der Waals surface area contributed by atoms with Gasteiger partial charge in [-0.3, -0.25) is 0 Å². The minimum atomic E-state index is 0.181. The third-order valence-electron chi connectivity index (χ3n) is 4.06. The van der Waals surface area contributed by atoms with Gasteiger partial charge in [0.2, 0.25) is 0 Å². The minimum Gasteiger partial charge on any atom is -0.508 e.